The summed E-state index contributed by atoms with van der Waals surface area (Å²) < 4.78 is 5.66. The number of aromatic nitrogens is 1. The van der Waals surface area contributed by atoms with Crippen LogP contribution in [0.1, 0.15) is 40.0 Å². The highest BCUT2D eigenvalue weighted by atomic mass is 16.5. The van der Waals surface area contributed by atoms with Gasteiger partial charge in [-0.25, -0.2) is 0 Å². The maximum absolute atomic E-state index is 12.6. The molecule has 1 aliphatic rings. The summed E-state index contributed by atoms with van der Waals surface area (Å²) in [5.41, 5.74) is 0.740. The number of likely N-dealkylation sites (tertiary alicyclic amines) is 1. The minimum Gasteiger partial charge on any atom is -0.507 e. The third-order valence-corrected chi connectivity index (χ3v) is 4.42. The Morgan fingerprint density at radius 1 is 1.36 bits per heavy atom. The van der Waals surface area contributed by atoms with Crippen molar-refractivity contribution in [3.8, 4) is 11.5 Å². The van der Waals surface area contributed by atoms with Crippen LogP contribution in [0, 0.1) is 0 Å². The molecule has 0 saturated carbocycles. The van der Waals surface area contributed by atoms with E-state index in [0.29, 0.717) is 30.6 Å². The molecule has 0 bridgehead atoms. The summed E-state index contributed by atoms with van der Waals surface area (Å²) in [7, 11) is 0. The van der Waals surface area contributed by atoms with Crippen LogP contribution < -0.4 is 4.74 Å². The van der Waals surface area contributed by atoms with Crippen molar-refractivity contribution in [2.75, 3.05) is 13.2 Å². The summed E-state index contributed by atoms with van der Waals surface area (Å²) >= 11 is 0. The summed E-state index contributed by atoms with van der Waals surface area (Å²) in [4.78, 5) is 29.5. The van der Waals surface area contributed by atoms with Crippen LogP contribution in [0.2, 0.25) is 0 Å². The Balaban J connectivity index is 1.60. The number of phenols is 1. The summed E-state index contributed by atoms with van der Waals surface area (Å²) in [6.45, 7) is 1.09. The van der Waals surface area contributed by atoms with E-state index in [1.165, 1.54) is 6.07 Å². The molecule has 1 aromatic carbocycles. The van der Waals surface area contributed by atoms with E-state index in [-0.39, 0.29) is 23.3 Å². The summed E-state index contributed by atoms with van der Waals surface area (Å²) in [5, 5.41) is 9.67. The lowest BCUT2D eigenvalue weighted by atomic mass is 10.1. The molecular formula is C19H20N2O4. The second-order valence-electron chi connectivity index (χ2n) is 5.98. The van der Waals surface area contributed by atoms with E-state index >= 15 is 0 Å². The number of benzene rings is 1. The fraction of sp³-hybridized carbons (Fsp3) is 0.316. The van der Waals surface area contributed by atoms with Crippen molar-refractivity contribution in [2.24, 2.45) is 0 Å². The number of hydrogen-bond donors (Lipinski definition) is 1. The molecule has 0 radical (unpaired) electrons. The van der Waals surface area contributed by atoms with E-state index in [4.69, 9.17) is 4.74 Å². The first-order valence-electron chi connectivity index (χ1n) is 8.31. The SMILES string of the molecule is O=Cc1c(O)cccc1OCC[C@@H]1CCCN1C(=O)c1cccnc1. The lowest BCUT2D eigenvalue weighted by Gasteiger charge is -2.25. The third-order valence-electron chi connectivity index (χ3n) is 4.42. The van der Waals surface area contributed by atoms with Crippen LogP contribution in [0.15, 0.2) is 42.7 Å². The van der Waals surface area contributed by atoms with E-state index in [0.717, 1.165) is 19.4 Å². The normalized spacial score (nSPS) is 16.6. The standard InChI is InChI=1S/C19H20N2O4/c22-13-16-17(23)6-1-7-18(16)25-11-8-15-5-3-10-21(15)19(24)14-4-2-9-20-12-14/h1-2,4,6-7,9,12-13,15,23H,3,5,8,10-11H2/t15-/m0/s1. The molecule has 1 fully saturated rings. The fourth-order valence-electron chi connectivity index (χ4n) is 3.14. The molecule has 2 aromatic rings. The molecule has 1 N–H and O–H groups in total. The molecule has 25 heavy (non-hydrogen) atoms. The van der Waals surface area contributed by atoms with Crippen molar-refractivity contribution < 1.29 is 19.4 Å². The van der Waals surface area contributed by atoms with Crippen molar-refractivity contribution in [2.45, 2.75) is 25.3 Å². The van der Waals surface area contributed by atoms with Gasteiger partial charge in [0, 0.05) is 31.4 Å². The Morgan fingerprint density at radius 3 is 3.00 bits per heavy atom. The van der Waals surface area contributed by atoms with Gasteiger partial charge < -0.3 is 14.7 Å². The van der Waals surface area contributed by atoms with Crippen LogP contribution in [-0.2, 0) is 0 Å². The lowest BCUT2D eigenvalue weighted by Crippen LogP contribution is -2.36. The number of phenolic OH excluding ortho intramolecular Hbond substituents is 1. The van der Waals surface area contributed by atoms with Crippen LogP contribution in [-0.4, -0.2) is 46.4 Å². The van der Waals surface area contributed by atoms with Gasteiger partial charge in [-0.15, -0.1) is 0 Å². The summed E-state index contributed by atoms with van der Waals surface area (Å²) in [6.07, 6.45) is 6.36. The molecule has 1 aromatic heterocycles. The molecule has 1 atom stereocenters. The zero-order chi connectivity index (χ0) is 17.6. The van der Waals surface area contributed by atoms with Crippen LogP contribution in [0.5, 0.6) is 11.5 Å². The average Bonchev–Trinajstić information content (AvgIpc) is 3.10. The van der Waals surface area contributed by atoms with Gasteiger partial charge in [0.2, 0.25) is 0 Å². The molecule has 0 unspecified atom stereocenters. The molecule has 0 aliphatic carbocycles. The van der Waals surface area contributed by atoms with Gasteiger partial charge in [-0.2, -0.15) is 0 Å². The van der Waals surface area contributed by atoms with Crippen molar-refractivity contribution in [1.82, 2.24) is 9.88 Å². The Labute approximate surface area is 146 Å². The van der Waals surface area contributed by atoms with Gasteiger partial charge in [0.15, 0.2) is 6.29 Å². The van der Waals surface area contributed by atoms with Crippen LogP contribution in [0.3, 0.4) is 0 Å². The first kappa shape index (κ1) is 17.0. The van der Waals surface area contributed by atoms with Crippen LogP contribution >= 0.6 is 0 Å². The second-order valence-corrected chi connectivity index (χ2v) is 5.98. The summed E-state index contributed by atoms with van der Waals surface area (Å²) in [6, 6.07) is 8.35. The molecule has 6 nitrogen and oxygen atoms in total. The molecule has 6 heteroatoms. The Morgan fingerprint density at radius 2 is 2.24 bits per heavy atom. The average molecular weight is 340 g/mol. The first-order chi connectivity index (χ1) is 12.2. The quantitative estimate of drug-likeness (QED) is 0.818. The zero-order valence-electron chi connectivity index (χ0n) is 13.8. The number of amides is 1. The number of carbonyl (C=O) groups excluding carboxylic acids is 2. The third kappa shape index (κ3) is 3.79. The van der Waals surface area contributed by atoms with Gasteiger partial charge in [-0.05, 0) is 37.1 Å². The Kier molecular flexibility index (Phi) is 5.28. The molecule has 1 saturated heterocycles. The zero-order valence-corrected chi connectivity index (χ0v) is 13.8. The van der Waals surface area contributed by atoms with Gasteiger partial charge in [0.1, 0.15) is 11.5 Å². The predicted molar refractivity (Wildman–Crippen MR) is 91.9 cm³/mol. The Hall–Kier alpha value is -2.89. The molecule has 130 valence electrons. The minimum atomic E-state index is -0.0956. The maximum atomic E-state index is 12.6. The molecule has 3 rings (SSSR count). The van der Waals surface area contributed by atoms with E-state index in [2.05, 4.69) is 4.98 Å². The van der Waals surface area contributed by atoms with Gasteiger partial charge in [0.05, 0.1) is 17.7 Å². The first-order valence-corrected chi connectivity index (χ1v) is 8.31. The van der Waals surface area contributed by atoms with Crippen molar-refractivity contribution >= 4 is 12.2 Å². The number of aromatic hydroxyl groups is 1. The fourth-order valence-corrected chi connectivity index (χ4v) is 3.14. The molecule has 2 heterocycles. The smallest absolute Gasteiger partial charge is 0.255 e. The molecule has 1 amide bonds. The maximum Gasteiger partial charge on any atom is 0.255 e. The van der Waals surface area contributed by atoms with Gasteiger partial charge in [-0.3, -0.25) is 14.6 Å². The number of carbonyl (C=O) groups is 2. The number of pyridine rings is 1. The van der Waals surface area contributed by atoms with Crippen LogP contribution in [0.4, 0.5) is 0 Å². The van der Waals surface area contributed by atoms with Crippen molar-refractivity contribution in [3.05, 3.63) is 53.9 Å². The minimum absolute atomic E-state index is 0.0125. The number of nitrogens with zero attached hydrogens (tertiary/aromatic N) is 2. The Bertz CT molecular complexity index is 748. The molecule has 0 spiro atoms. The topological polar surface area (TPSA) is 79.7 Å². The van der Waals surface area contributed by atoms with E-state index in [1.807, 2.05) is 4.90 Å². The summed E-state index contributed by atoms with van der Waals surface area (Å²) in [5.74, 6) is 0.251. The number of ether oxygens (including phenoxy) is 1. The van der Waals surface area contributed by atoms with Crippen LogP contribution in [0.25, 0.3) is 0 Å². The molecular weight excluding hydrogens is 320 g/mol. The van der Waals surface area contributed by atoms with Gasteiger partial charge >= 0.3 is 0 Å². The van der Waals surface area contributed by atoms with Gasteiger partial charge in [-0.1, -0.05) is 6.07 Å². The largest absolute Gasteiger partial charge is 0.507 e. The van der Waals surface area contributed by atoms with E-state index < -0.39 is 0 Å². The highest BCUT2D eigenvalue weighted by molar-refractivity contribution is 5.94. The highest BCUT2D eigenvalue weighted by Crippen LogP contribution is 2.27. The second kappa shape index (κ2) is 7.79. The highest BCUT2D eigenvalue weighted by Gasteiger charge is 2.29. The number of aldehydes is 1. The van der Waals surface area contributed by atoms with E-state index in [9.17, 15) is 14.7 Å². The van der Waals surface area contributed by atoms with Gasteiger partial charge in [0.25, 0.3) is 5.91 Å². The predicted octanol–water partition coefficient (Wildman–Crippen LogP) is 2.67. The van der Waals surface area contributed by atoms with E-state index in [1.54, 1.807) is 36.7 Å². The monoisotopic (exact) mass is 340 g/mol. The molecule has 1 aliphatic heterocycles. The van der Waals surface area contributed by atoms with Crippen molar-refractivity contribution in [1.29, 1.82) is 0 Å². The number of hydrogen-bond acceptors (Lipinski definition) is 5. The number of rotatable bonds is 6. The van der Waals surface area contributed by atoms with Crippen molar-refractivity contribution in [3.63, 3.8) is 0 Å². The lowest BCUT2D eigenvalue weighted by molar-refractivity contribution is 0.0719.